The highest BCUT2D eigenvalue weighted by molar-refractivity contribution is 7.99. The van der Waals surface area contributed by atoms with Crippen molar-refractivity contribution in [1.82, 2.24) is 5.32 Å². The molecular weight excluding hydrogens is 294 g/mol. The average molecular weight is 313 g/mol. The number of ether oxygens (including phenoxy) is 1. The number of carbonyl (C=O) groups excluding carboxylic acids is 1. The van der Waals surface area contributed by atoms with Crippen LogP contribution in [0.3, 0.4) is 0 Å². The Bertz CT molecular complexity index is 463. The Hall–Kier alpha value is -1.73. The number of aliphatic carboxylic acids is 1. The van der Waals surface area contributed by atoms with E-state index in [2.05, 4.69) is 5.32 Å². The first-order chi connectivity index (χ1) is 10.0. The van der Waals surface area contributed by atoms with Gasteiger partial charge in [-0.25, -0.2) is 4.79 Å². The number of rotatable bonds is 9. The number of carboxylic acid groups (broad SMARTS) is 1. The molecule has 21 heavy (non-hydrogen) atoms. The van der Waals surface area contributed by atoms with Crippen LogP contribution < -0.4 is 5.32 Å². The number of carboxylic acids is 1. The quantitative estimate of drug-likeness (QED) is 0.586. The molecular formula is C14H19NO5S. The van der Waals surface area contributed by atoms with E-state index in [1.54, 1.807) is 19.2 Å². The maximum Gasteiger partial charge on any atom is 0.326 e. The largest absolute Gasteiger partial charge is 0.508 e. The third kappa shape index (κ3) is 7.01. The van der Waals surface area contributed by atoms with E-state index in [1.165, 1.54) is 23.9 Å². The zero-order chi connectivity index (χ0) is 15.7. The van der Waals surface area contributed by atoms with Gasteiger partial charge in [-0.2, -0.15) is 0 Å². The van der Waals surface area contributed by atoms with E-state index in [9.17, 15) is 14.7 Å². The monoisotopic (exact) mass is 313 g/mol. The summed E-state index contributed by atoms with van der Waals surface area (Å²) in [6.45, 7) is 0.549. The molecule has 0 bridgehead atoms. The van der Waals surface area contributed by atoms with Gasteiger partial charge in [0.05, 0.1) is 12.4 Å². The molecule has 0 unspecified atom stereocenters. The van der Waals surface area contributed by atoms with Crippen LogP contribution >= 0.6 is 11.8 Å². The van der Waals surface area contributed by atoms with Crippen molar-refractivity contribution in [3.05, 3.63) is 29.8 Å². The maximum atomic E-state index is 11.7. The summed E-state index contributed by atoms with van der Waals surface area (Å²) in [6.07, 6.45) is 0.171. The number of phenols is 1. The lowest BCUT2D eigenvalue weighted by molar-refractivity contribution is -0.141. The lowest BCUT2D eigenvalue weighted by Gasteiger charge is -2.14. The third-order valence-electron chi connectivity index (χ3n) is 2.67. The highest BCUT2D eigenvalue weighted by atomic mass is 32.2. The first-order valence-corrected chi connectivity index (χ1v) is 7.55. The lowest BCUT2D eigenvalue weighted by atomic mass is 10.1. The fraction of sp³-hybridized carbons (Fsp3) is 0.429. The van der Waals surface area contributed by atoms with Crippen LogP contribution in [-0.4, -0.2) is 53.4 Å². The smallest absolute Gasteiger partial charge is 0.326 e. The molecule has 1 amide bonds. The van der Waals surface area contributed by atoms with Gasteiger partial charge in [-0.3, -0.25) is 4.79 Å². The number of methoxy groups -OCH3 is 1. The zero-order valence-corrected chi connectivity index (χ0v) is 12.6. The number of hydrogen-bond acceptors (Lipinski definition) is 5. The van der Waals surface area contributed by atoms with Gasteiger partial charge in [0.2, 0.25) is 5.91 Å². The van der Waals surface area contributed by atoms with Crippen molar-refractivity contribution < 1.29 is 24.5 Å². The van der Waals surface area contributed by atoms with Crippen LogP contribution in [-0.2, 0) is 20.7 Å². The van der Waals surface area contributed by atoms with Crippen molar-refractivity contribution in [2.45, 2.75) is 12.5 Å². The second kappa shape index (κ2) is 9.25. The van der Waals surface area contributed by atoms with Crippen LogP contribution in [0, 0.1) is 0 Å². The van der Waals surface area contributed by atoms with E-state index >= 15 is 0 Å². The van der Waals surface area contributed by atoms with Gasteiger partial charge in [-0.15, -0.1) is 11.8 Å². The van der Waals surface area contributed by atoms with Crippen molar-refractivity contribution in [2.24, 2.45) is 0 Å². The van der Waals surface area contributed by atoms with Crippen molar-refractivity contribution in [2.75, 3.05) is 25.2 Å². The minimum absolute atomic E-state index is 0.115. The normalized spacial score (nSPS) is 11.9. The van der Waals surface area contributed by atoms with Crippen LogP contribution in [0.2, 0.25) is 0 Å². The summed E-state index contributed by atoms with van der Waals surface area (Å²) < 4.78 is 4.86. The molecule has 0 radical (unpaired) electrons. The second-order valence-corrected chi connectivity index (χ2v) is 5.48. The molecule has 1 atom stereocenters. The Morgan fingerprint density at radius 2 is 2.00 bits per heavy atom. The molecule has 6 nitrogen and oxygen atoms in total. The number of phenolic OH excluding ortho intramolecular Hbond substituents is 1. The molecule has 116 valence electrons. The van der Waals surface area contributed by atoms with Gasteiger partial charge in [-0.1, -0.05) is 12.1 Å². The zero-order valence-electron chi connectivity index (χ0n) is 11.7. The summed E-state index contributed by atoms with van der Waals surface area (Å²) >= 11 is 1.38. The fourth-order valence-corrected chi connectivity index (χ4v) is 2.31. The predicted octanol–water partition coefficient (Wildman–Crippen LogP) is 0.884. The minimum atomic E-state index is -1.08. The molecule has 0 fully saturated rings. The van der Waals surface area contributed by atoms with Crippen molar-refractivity contribution in [3.8, 4) is 5.75 Å². The topological polar surface area (TPSA) is 95.9 Å². The molecule has 0 aromatic heterocycles. The molecule has 3 N–H and O–H groups in total. The molecule has 1 aromatic carbocycles. The molecule has 0 aliphatic rings. The van der Waals surface area contributed by atoms with Gasteiger partial charge in [0.15, 0.2) is 0 Å². The van der Waals surface area contributed by atoms with E-state index in [1.807, 2.05) is 0 Å². The summed E-state index contributed by atoms with van der Waals surface area (Å²) in [7, 11) is 1.58. The predicted molar refractivity (Wildman–Crippen MR) is 80.6 cm³/mol. The van der Waals surface area contributed by atoms with Gasteiger partial charge in [0.1, 0.15) is 11.8 Å². The third-order valence-corrected chi connectivity index (χ3v) is 3.60. The molecule has 0 heterocycles. The Morgan fingerprint density at radius 3 is 2.57 bits per heavy atom. The van der Waals surface area contributed by atoms with Crippen molar-refractivity contribution >= 4 is 23.6 Å². The number of benzene rings is 1. The average Bonchev–Trinajstić information content (AvgIpc) is 2.45. The molecule has 0 spiro atoms. The molecule has 1 aromatic rings. The number of carbonyl (C=O) groups is 2. The summed E-state index contributed by atoms with van der Waals surface area (Å²) in [5.41, 5.74) is 0.729. The van der Waals surface area contributed by atoms with Gasteiger partial charge in [0.25, 0.3) is 0 Å². The molecule has 0 saturated heterocycles. The van der Waals surface area contributed by atoms with Crippen LogP contribution in [0.5, 0.6) is 5.75 Å². The Balaban J connectivity index is 2.48. The molecule has 0 saturated carbocycles. The second-order valence-electron chi connectivity index (χ2n) is 4.37. The van der Waals surface area contributed by atoms with Crippen molar-refractivity contribution in [3.63, 3.8) is 0 Å². The summed E-state index contributed by atoms with van der Waals surface area (Å²) in [4.78, 5) is 22.9. The first kappa shape index (κ1) is 17.3. The van der Waals surface area contributed by atoms with Crippen LogP contribution in [0.1, 0.15) is 5.56 Å². The number of hydrogen-bond donors (Lipinski definition) is 3. The Kier molecular flexibility index (Phi) is 7.63. The van der Waals surface area contributed by atoms with E-state index in [4.69, 9.17) is 9.84 Å². The minimum Gasteiger partial charge on any atom is -0.508 e. The van der Waals surface area contributed by atoms with E-state index in [-0.39, 0.29) is 23.8 Å². The standard InChI is InChI=1S/C14H19NO5S/c1-20-6-7-21-9-13(17)15-12(14(18)19)8-10-2-4-11(16)5-3-10/h2-5,12,16H,6-9H2,1H3,(H,15,17)(H,18,19)/t12-/m0/s1. The Labute approximate surface area is 127 Å². The van der Waals surface area contributed by atoms with Gasteiger partial charge in [0, 0.05) is 19.3 Å². The maximum absolute atomic E-state index is 11.7. The SMILES string of the molecule is COCCSCC(=O)N[C@@H](Cc1ccc(O)cc1)C(=O)O. The highest BCUT2D eigenvalue weighted by Gasteiger charge is 2.20. The summed E-state index contributed by atoms with van der Waals surface area (Å²) in [5, 5.41) is 20.8. The molecule has 7 heteroatoms. The summed E-state index contributed by atoms with van der Waals surface area (Å²) in [5.74, 6) is -0.410. The van der Waals surface area contributed by atoms with Crippen LogP contribution in [0.25, 0.3) is 0 Å². The molecule has 1 rings (SSSR count). The fourth-order valence-electron chi connectivity index (χ4n) is 1.61. The molecule has 0 aliphatic heterocycles. The number of thioether (sulfide) groups is 1. The van der Waals surface area contributed by atoms with Gasteiger partial charge in [-0.05, 0) is 17.7 Å². The van der Waals surface area contributed by atoms with Gasteiger partial charge >= 0.3 is 5.97 Å². The van der Waals surface area contributed by atoms with E-state index in [0.717, 1.165) is 5.56 Å². The van der Waals surface area contributed by atoms with E-state index in [0.29, 0.717) is 12.4 Å². The van der Waals surface area contributed by atoms with Crippen LogP contribution in [0.15, 0.2) is 24.3 Å². The Morgan fingerprint density at radius 1 is 1.33 bits per heavy atom. The van der Waals surface area contributed by atoms with Crippen molar-refractivity contribution in [1.29, 1.82) is 0 Å². The lowest BCUT2D eigenvalue weighted by Crippen LogP contribution is -2.43. The van der Waals surface area contributed by atoms with Gasteiger partial charge < -0.3 is 20.3 Å². The summed E-state index contributed by atoms with van der Waals surface area (Å²) in [6, 6.07) is 5.24. The number of aromatic hydroxyl groups is 1. The first-order valence-electron chi connectivity index (χ1n) is 6.39. The van der Waals surface area contributed by atoms with E-state index < -0.39 is 12.0 Å². The number of nitrogens with one attached hydrogen (secondary N) is 1. The molecule has 0 aliphatic carbocycles. The number of amides is 1. The highest BCUT2D eigenvalue weighted by Crippen LogP contribution is 2.11. The van der Waals surface area contributed by atoms with Crippen LogP contribution in [0.4, 0.5) is 0 Å².